The van der Waals surface area contributed by atoms with Crippen LogP contribution < -0.4 is 0 Å². The Bertz CT molecular complexity index is 96.3. The van der Waals surface area contributed by atoms with Gasteiger partial charge in [0.2, 0.25) is 0 Å². The van der Waals surface area contributed by atoms with E-state index in [0.717, 1.165) is 0 Å². The van der Waals surface area contributed by atoms with Gasteiger partial charge in [-0.25, -0.2) is 0 Å². The van der Waals surface area contributed by atoms with Crippen molar-refractivity contribution in [1.82, 2.24) is 0 Å². The van der Waals surface area contributed by atoms with Crippen LogP contribution in [0, 0.1) is 5.92 Å². The fraction of sp³-hybridized carbons (Fsp3) is 1.00. The summed E-state index contributed by atoms with van der Waals surface area (Å²) in [6.45, 7) is 4.03. The van der Waals surface area contributed by atoms with Gasteiger partial charge in [0, 0.05) is 15.1 Å². The van der Waals surface area contributed by atoms with Crippen LogP contribution in [0.4, 0.5) is 0 Å². The van der Waals surface area contributed by atoms with Crippen molar-refractivity contribution in [2.45, 2.75) is 13.8 Å². The van der Waals surface area contributed by atoms with Crippen LogP contribution in [0.2, 0.25) is 0 Å². The Morgan fingerprint density at radius 3 is 2.14 bits per heavy atom. The maximum atomic E-state index is 10.2. The molecule has 1 nitrogen and oxygen atoms in total. The number of hydrogen-bond donors (Lipinski definition) is 1. The second-order valence-corrected chi connectivity index (χ2v) is 4.16. The molecular formula is C4H10OS2. The first-order valence-electron chi connectivity index (χ1n) is 2.24. The summed E-state index contributed by atoms with van der Waals surface area (Å²) in [5.74, 6) is 1.17. The molecule has 0 spiro atoms. The highest BCUT2D eigenvalue weighted by atomic mass is 32.8. The minimum atomic E-state index is -1.31. The van der Waals surface area contributed by atoms with E-state index in [0.29, 0.717) is 11.7 Å². The van der Waals surface area contributed by atoms with Crippen LogP contribution in [0.1, 0.15) is 13.8 Å². The summed E-state index contributed by atoms with van der Waals surface area (Å²) >= 11 is 4.46. The second kappa shape index (κ2) is 3.38. The molecule has 0 aromatic carbocycles. The summed E-state index contributed by atoms with van der Waals surface area (Å²) in [6, 6.07) is 0. The minimum absolute atomic E-state index is 0.487. The van der Waals surface area contributed by atoms with E-state index in [2.05, 4.69) is 11.2 Å². The number of rotatable bonds is 2. The molecule has 0 aromatic heterocycles. The van der Waals surface area contributed by atoms with Gasteiger partial charge < -0.3 is 0 Å². The van der Waals surface area contributed by atoms with E-state index in [4.69, 9.17) is 0 Å². The molecule has 0 N–H and O–H groups in total. The topological polar surface area (TPSA) is 17.1 Å². The van der Waals surface area contributed by atoms with E-state index in [1.807, 2.05) is 13.8 Å². The quantitative estimate of drug-likeness (QED) is 0.562. The summed E-state index contributed by atoms with van der Waals surface area (Å²) < 4.78 is 10.2. The molecule has 0 heterocycles. The lowest BCUT2D eigenvalue weighted by Gasteiger charge is -1.92. The molecule has 0 radical (unpaired) electrons. The first-order valence-corrected chi connectivity index (χ1v) is 4.70. The Hall–Kier alpha value is 0.370. The number of hydrogen-bond acceptors (Lipinski definition) is 2. The van der Waals surface area contributed by atoms with Crippen LogP contribution >= 0.6 is 0 Å². The van der Waals surface area contributed by atoms with Crippen LogP contribution in [0.3, 0.4) is 0 Å². The first-order chi connectivity index (χ1) is 3.13. The third-order valence-corrected chi connectivity index (χ3v) is 1.99. The van der Waals surface area contributed by atoms with Gasteiger partial charge in [-0.3, -0.25) is 4.21 Å². The number of thiol groups is 1. The highest BCUT2D eigenvalue weighted by Crippen LogP contribution is 1.88. The van der Waals surface area contributed by atoms with E-state index in [1.54, 1.807) is 0 Å². The summed E-state index contributed by atoms with van der Waals surface area (Å²) in [7, 11) is -1.31. The monoisotopic (exact) mass is 138 g/mol. The maximum absolute atomic E-state index is 10.2. The molecule has 0 rings (SSSR count). The molecule has 0 aliphatic rings. The molecule has 0 bridgehead atoms. The Labute approximate surface area is 50.8 Å². The van der Waals surface area contributed by atoms with Crippen molar-refractivity contribution in [1.29, 1.82) is 0 Å². The smallest absolute Gasteiger partial charge is 0.0255 e. The lowest BCUT2D eigenvalue weighted by Crippen LogP contribution is -1.94. The van der Waals surface area contributed by atoms with Gasteiger partial charge in [0.1, 0.15) is 0 Å². The zero-order valence-electron chi connectivity index (χ0n) is 4.55. The highest BCUT2D eigenvalue weighted by Gasteiger charge is 1.89. The average Bonchev–Trinajstić information content (AvgIpc) is 1.27. The van der Waals surface area contributed by atoms with E-state index in [-0.39, 0.29) is 0 Å². The molecule has 0 aromatic rings. The van der Waals surface area contributed by atoms with Gasteiger partial charge >= 0.3 is 0 Å². The largest absolute Gasteiger partial charge is 0.260 e. The van der Waals surface area contributed by atoms with E-state index in [9.17, 15) is 4.21 Å². The lowest BCUT2D eigenvalue weighted by atomic mass is 10.3. The zero-order valence-corrected chi connectivity index (χ0v) is 6.26. The fourth-order valence-corrected chi connectivity index (χ4v) is 1.79. The van der Waals surface area contributed by atoms with Gasteiger partial charge in [-0.2, -0.15) is 0 Å². The normalized spacial score (nSPS) is 14.7. The standard InChI is InChI=1S/C4H10OS2/c1-4(2)3-7(5)6/h4,7H,3H2,1-2H3. The van der Waals surface area contributed by atoms with Crippen LogP contribution in [-0.4, -0.2) is 9.96 Å². The van der Waals surface area contributed by atoms with Gasteiger partial charge in [-0.15, -0.1) is 0 Å². The fourth-order valence-electron chi connectivity index (χ4n) is 0.298. The third kappa shape index (κ3) is 6.37. The molecule has 0 aliphatic carbocycles. The van der Waals surface area contributed by atoms with Crippen LogP contribution in [0.15, 0.2) is 0 Å². The third-order valence-electron chi connectivity index (χ3n) is 0.514. The Kier molecular flexibility index (Phi) is 3.56. The van der Waals surface area contributed by atoms with Crippen molar-refractivity contribution in [3.8, 4) is 0 Å². The zero-order chi connectivity index (χ0) is 5.86. The predicted molar refractivity (Wildman–Crippen MR) is 36.6 cm³/mol. The van der Waals surface area contributed by atoms with Crippen molar-refractivity contribution in [3.63, 3.8) is 0 Å². The molecule has 3 heteroatoms. The Morgan fingerprint density at radius 2 is 2.14 bits per heavy atom. The minimum Gasteiger partial charge on any atom is -0.260 e. The molecule has 1 unspecified atom stereocenters. The van der Waals surface area contributed by atoms with Crippen LogP contribution in [0.25, 0.3) is 0 Å². The van der Waals surface area contributed by atoms with Gasteiger partial charge in [-0.1, -0.05) is 13.8 Å². The molecule has 0 fully saturated rings. The van der Waals surface area contributed by atoms with Crippen molar-refractivity contribution in [2.24, 2.45) is 5.92 Å². The molecule has 1 atom stereocenters. The molecule has 0 amide bonds. The second-order valence-electron chi connectivity index (χ2n) is 1.91. The summed E-state index contributed by atoms with van der Waals surface area (Å²) in [5, 5.41) is 0. The molecule has 0 aliphatic heterocycles. The molecule has 0 saturated carbocycles. The molecule has 0 saturated heterocycles. The van der Waals surface area contributed by atoms with Crippen molar-refractivity contribution in [2.75, 3.05) is 5.75 Å². The SMILES string of the molecule is CC(C)C[SH](=O)=S. The molecule has 7 heavy (non-hydrogen) atoms. The summed E-state index contributed by atoms with van der Waals surface area (Å²) in [5.41, 5.74) is 0. The van der Waals surface area contributed by atoms with Gasteiger partial charge in [0.05, 0.1) is 0 Å². The van der Waals surface area contributed by atoms with Crippen LogP contribution in [-0.2, 0) is 20.5 Å². The highest BCUT2D eigenvalue weighted by molar-refractivity contribution is 8.21. The Balaban J connectivity index is 3.32. The summed E-state index contributed by atoms with van der Waals surface area (Å²) in [4.78, 5) is 0. The predicted octanol–water partition coefficient (Wildman–Crippen LogP) is 0.585. The van der Waals surface area contributed by atoms with Crippen LogP contribution in [0.5, 0.6) is 0 Å². The van der Waals surface area contributed by atoms with E-state index < -0.39 is 9.36 Å². The van der Waals surface area contributed by atoms with Gasteiger partial charge in [0.25, 0.3) is 0 Å². The lowest BCUT2D eigenvalue weighted by molar-refractivity contribution is 0.675. The van der Waals surface area contributed by atoms with Crippen molar-refractivity contribution in [3.05, 3.63) is 0 Å². The molecule has 44 valence electrons. The molecular weight excluding hydrogens is 128 g/mol. The Morgan fingerprint density at radius 1 is 1.71 bits per heavy atom. The van der Waals surface area contributed by atoms with Crippen molar-refractivity contribution >= 4 is 20.5 Å². The van der Waals surface area contributed by atoms with Crippen molar-refractivity contribution < 1.29 is 4.21 Å². The van der Waals surface area contributed by atoms with E-state index >= 15 is 0 Å². The first kappa shape index (κ1) is 7.37. The summed E-state index contributed by atoms with van der Waals surface area (Å²) in [6.07, 6.45) is 0. The van der Waals surface area contributed by atoms with Gasteiger partial charge in [0.15, 0.2) is 0 Å². The van der Waals surface area contributed by atoms with E-state index in [1.165, 1.54) is 0 Å². The maximum Gasteiger partial charge on any atom is 0.0255 e. The van der Waals surface area contributed by atoms with Gasteiger partial charge in [-0.05, 0) is 17.1 Å². The average molecular weight is 138 g/mol.